The molecular formula is C12H16O5S. The van der Waals surface area contributed by atoms with E-state index in [0.717, 1.165) is 0 Å². The first-order valence-electron chi connectivity index (χ1n) is 5.56. The molecule has 0 amide bonds. The Kier molecular flexibility index (Phi) is 4.86. The van der Waals surface area contributed by atoms with Gasteiger partial charge < -0.3 is 5.11 Å². The molecule has 0 saturated carbocycles. The highest BCUT2D eigenvalue weighted by Crippen LogP contribution is 2.18. The molecule has 0 aliphatic rings. The summed E-state index contributed by atoms with van der Waals surface area (Å²) in [5.41, 5.74) is -0.276. The predicted molar refractivity (Wildman–Crippen MR) is 66.0 cm³/mol. The molecule has 0 aliphatic heterocycles. The van der Waals surface area contributed by atoms with Crippen LogP contribution < -0.4 is 0 Å². The maximum atomic E-state index is 11.9. The van der Waals surface area contributed by atoms with Gasteiger partial charge in [-0.3, -0.25) is 4.18 Å². The maximum absolute atomic E-state index is 11.9. The number of rotatable bonds is 6. The van der Waals surface area contributed by atoms with Crippen LogP contribution in [0.3, 0.4) is 0 Å². The fraction of sp³-hybridized carbons (Fsp3) is 0.417. The minimum Gasteiger partial charge on any atom is -0.478 e. The van der Waals surface area contributed by atoms with E-state index >= 15 is 0 Å². The molecule has 0 spiro atoms. The van der Waals surface area contributed by atoms with Crippen molar-refractivity contribution in [1.82, 2.24) is 0 Å². The third-order valence-corrected chi connectivity index (χ3v) is 3.69. The SMILES string of the molecule is CC(C)CCOS(=O)(=O)c1ccccc1C(=O)O. The van der Waals surface area contributed by atoms with Crippen molar-refractivity contribution in [2.75, 3.05) is 6.61 Å². The van der Waals surface area contributed by atoms with Gasteiger partial charge in [-0.05, 0) is 24.5 Å². The van der Waals surface area contributed by atoms with Gasteiger partial charge in [-0.15, -0.1) is 0 Å². The molecule has 0 bridgehead atoms. The van der Waals surface area contributed by atoms with Gasteiger partial charge in [0.2, 0.25) is 0 Å². The van der Waals surface area contributed by atoms with Gasteiger partial charge in [0.15, 0.2) is 0 Å². The molecule has 1 aromatic rings. The molecule has 6 heteroatoms. The van der Waals surface area contributed by atoms with Crippen molar-refractivity contribution >= 4 is 16.1 Å². The van der Waals surface area contributed by atoms with Gasteiger partial charge in [-0.2, -0.15) is 8.42 Å². The van der Waals surface area contributed by atoms with E-state index in [0.29, 0.717) is 12.3 Å². The third kappa shape index (κ3) is 3.82. The van der Waals surface area contributed by atoms with Crippen molar-refractivity contribution < 1.29 is 22.5 Å². The lowest BCUT2D eigenvalue weighted by atomic mass is 10.2. The molecule has 0 saturated heterocycles. The summed E-state index contributed by atoms with van der Waals surface area (Å²) in [7, 11) is -4.01. The van der Waals surface area contributed by atoms with Crippen molar-refractivity contribution in [2.24, 2.45) is 5.92 Å². The molecule has 0 heterocycles. The van der Waals surface area contributed by atoms with Crippen molar-refractivity contribution in [3.8, 4) is 0 Å². The number of aromatic carboxylic acids is 1. The van der Waals surface area contributed by atoms with Crippen LogP contribution in [0.2, 0.25) is 0 Å². The largest absolute Gasteiger partial charge is 0.478 e. The molecule has 1 N–H and O–H groups in total. The Morgan fingerprint density at radius 3 is 2.50 bits per heavy atom. The second-order valence-electron chi connectivity index (χ2n) is 4.26. The van der Waals surface area contributed by atoms with Gasteiger partial charge in [0.1, 0.15) is 4.90 Å². The quantitative estimate of drug-likeness (QED) is 0.802. The van der Waals surface area contributed by atoms with Crippen molar-refractivity contribution in [1.29, 1.82) is 0 Å². The van der Waals surface area contributed by atoms with Crippen LogP contribution in [0.4, 0.5) is 0 Å². The maximum Gasteiger partial charge on any atom is 0.337 e. The third-order valence-electron chi connectivity index (χ3n) is 2.32. The zero-order valence-electron chi connectivity index (χ0n) is 10.3. The summed E-state index contributed by atoms with van der Waals surface area (Å²) in [5.74, 6) is -0.975. The number of hydrogen-bond acceptors (Lipinski definition) is 4. The van der Waals surface area contributed by atoms with E-state index in [4.69, 9.17) is 9.29 Å². The highest BCUT2D eigenvalue weighted by Gasteiger charge is 2.22. The smallest absolute Gasteiger partial charge is 0.337 e. The van der Waals surface area contributed by atoms with E-state index in [2.05, 4.69) is 0 Å². The minimum atomic E-state index is -4.01. The number of carboxylic acid groups (broad SMARTS) is 1. The predicted octanol–water partition coefficient (Wildman–Crippen LogP) is 2.14. The van der Waals surface area contributed by atoms with Crippen molar-refractivity contribution in [2.45, 2.75) is 25.2 Å². The van der Waals surface area contributed by atoms with Gasteiger partial charge >= 0.3 is 5.97 Å². The Morgan fingerprint density at radius 1 is 1.33 bits per heavy atom. The molecule has 0 unspecified atom stereocenters. The summed E-state index contributed by atoms with van der Waals surface area (Å²) in [6.45, 7) is 3.94. The Morgan fingerprint density at radius 2 is 1.94 bits per heavy atom. The molecule has 1 aromatic carbocycles. The zero-order chi connectivity index (χ0) is 13.8. The first-order chi connectivity index (χ1) is 8.34. The topological polar surface area (TPSA) is 80.7 Å². The first kappa shape index (κ1) is 14.7. The van der Waals surface area contributed by atoms with Gasteiger partial charge in [0, 0.05) is 0 Å². The summed E-state index contributed by atoms with van der Waals surface area (Å²) in [4.78, 5) is 10.6. The summed E-state index contributed by atoms with van der Waals surface area (Å²) in [6.07, 6.45) is 0.592. The van der Waals surface area contributed by atoms with E-state index in [-0.39, 0.29) is 17.1 Å². The Labute approximate surface area is 107 Å². The summed E-state index contributed by atoms with van der Waals surface area (Å²) in [6, 6.07) is 5.40. The normalized spacial score (nSPS) is 11.7. The van der Waals surface area contributed by atoms with Crippen LogP contribution in [0.25, 0.3) is 0 Å². The highest BCUT2D eigenvalue weighted by molar-refractivity contribution is 7.86. The second kappa shape index (κ2) is 5.97. The van der Waals surface area contributed by atoms with Crippen LogP contribution in [-0.4, -0.2) is 26.1 Å². The van der Waals surface area contributed by atoms with Crippen LogP contribution in [0, 0.1) is 5.92 Å². The van der Waals surface area contributed by atoms with Crippen molar-refractivity contribution in [3.63, 3.8) is 0 Å². The lowest BCUT2D eigenvalue weighted by molar-refractivity contribution is 0.0692. The van der Waals surface area contributed by atoms with Crippen LogP contribution in [0.5, 0.6) is 0 Å². The van der Waals surface area contributed by atoms with Crippen molar-refractivity contribution in [3.05, 3.63) is 29.8 Å². The van der Waals surface area contributed by atoms with Crippen LogP contribution in [-0.2, 0) is 14.3 Å². The average molecular weight is 272 g/mol. The molecule has 18 heavy (non-hydrogen) atoms. The van der Waals surface area contributed by atoms with E-state index < -0.39 is 16.1 Å². The monoisotopic (exact) mass is 272 g/mol. The lowest BCUT2D eigenvalue weighted by Gasteiger charge is -2.09. The molecular weight excluding hydrogens is 256 g/mol. The molecule has 0 radical (unpaired) electrons. The lowest BCUT2D eigenvalue weighted by Crippen LogP contribution is -2.13. The number of carboxylic acids is 1. The Bertz CT molecular complexity index is 519. The standard InChI is InChI=1S/C12H16O5S/c1-9(2)7-8-17-18(15,16)11-6-4-3-5-10(11)12(13)14/h3-6,9H,7-8H2,1-2H3,(H,13,14). The summed E-state index contributed by atoms with van der Waals surface area (Å²) >= 11 is 0. The fourth-order valence-corrected chi connectivity index (χ4v) is 2.43. The molecule has 100 valence electrons. The van der Waals surface area contributed by atoms with Crippen LogP contribution in [0.1, 0.15) is 30.6 Å². The summed E-state index contributed by atoms with van der Waals surface area (Å²) < 4.78 is 28.5. The van der Waals surface area contributed by atoms with E-state index in [1.165, 1.54) is 24.3 Å². The summed E-state index contributed by atoms with van der Waals surface area (Å²) in [5, 5.41) is 8.92. The number of carbonyl (C=O) groups is 1. The first-order valence-corrected chi connectivity index (χ1v) is 6.97. The van der Waals surface area contributed by atoms with Crippen LogP contribution in [0.15, 0.2) is 29.2 Å². The Balaban J connectivity index is 2.95. The minimum absolute atomic E-state index is 0.0496. The van der Waals surface area contributed by atoms with E-state index in [1.807, 2.05) is 13.8 Å². The molecule has 5 nitrogen and oxygen atoms in total. The Hall–Kier alpha value is -1.40. The molecule has 0 aromatic heterocycles. The number of benzene rings is 1. The molecule has 0 atom stereocenters. The molecule has 1 rings (SSSR count). The fourth-order valence-electron chi connectivity index (χ4n) is 1.32. The second-order valence-corrected chi connectivity index (χ2v) is 5.84. The number of hydrogen-bond donors (Lipinski definition) is 1. The van der Waals surface area contributed by atoms with E-state index in [1.54, 1.807) is 0 Å². The van der Waals surface area contributed by atoms with Gasteiger partial charge in [0.25, 0.3) is 10.1 Å². The van der Waals surface area contributed by atoms with Crippen LogP contribution >= 0.6 is 0 Å². The highest BCUT2D eigenvalue weighted by atomic mass is 32.2. The zero-order valence-corrected chi connectivity index (χ0v) is 11.1. The van der Waals surface area contributed by atoms with E-state index in [9.17, 15) is 13.2 Å². The average Bonchev–Trinajstić information content (AvgIpc) is 2.28. The van der Waals surface area contributed by atoms with Gasteiger partial charge in [0.05, 0.1) is 12.2 Å². The van der Waals surface area contributed by atoms with Gasteiger partial charge in [-0.25, -0.2) is 4.79 Å². The molecule has 0 aliphatic carbocycles. The molecule has 0 fully saturated rings. The van der Waals surface area contributed by atoms with Gasteiger partial charge in [-0.1, -0.05) is 26.0 Å².